The van der Waals surface area contributed by atoms with Crippen LogP contribution in [-0.4, -0.2) is 18.9 Å². The number of rotatable bonds is 2. The Balaban J connectivity index is 2.32. The summed E-state index contributed by atoms with van der Waals surface area (Å²) in [7, 11) is 1.52. The Bertz CT molecular complexity index is 700. The molecule has 3 rings (SSSR count). The summed E-state index contributed by atoms with van der Waals surface area (Å²) in [6, 6.07) is 11.2. The first kappa shape index (κ1) is 11.5. The van der Waals surface area contributed by atoms with Crippen molar-refractivity contribution in [1.29, 1.82) is 0 Å². The summed E-state index contributed by atoms with van der Waals surface area (Å²) in [5.74, 6) is -0.191. The number of nitrogens with zero attached hydrogens (tertiary/aromatic N) is 1. The average Bonchev–Trinajstić information content (AvgIpc) is 2.77. The lowest BCUT2D eigenvalue weighted by Crippen LogP contribution is -2.30. The van der Waals surface area contributed by atoms with Crippen molar-refractivity contribution in [2.75, 3.05) is 12.0 Å². The molecule has 0 atom stereocenters. The fourth-order valence-corrected chi connectivity index (χ4v) is 2.25. The second-order valence-electron chi connectivity index (χ2n) is 4.18. The Morgan fingerprint density at radius 3 is 2.32 bits per heavy atom. The van der Waals surface area contributed by atoms with Gasteiger partial charge in [-0.1, -0.05) is 30.3 Å². The van der Waals surface area contributed by atoms with E-state index in [1.54, 1.807) is 6.07 Å². The molecule has 4 nitrogen and oxygen atoms in total. The third-order valence-electron chi connectivity index (χ3n) is 3.12. The smallest absolute Gasteiger partial charge is 0.258 e. The van der Waals surface area contributed by atoms with E-state index in [1.165, 1.54) is 19.3 Å². The third-order valence-corrected chi connectivity index (χ3v) is 3.12. The van der Waals surface area contributed by atoms with Crippen LogP contribution in [0.5, 0.6) is 5.75 Å². The van der Waals surface area contributed by atoms with E-state index in [1.807, 2.05) is 30.3 Å². The van der Waals surface area contributed by atoms with Gasteiger partial charge in [0.15, 0.2) is 0 Å². The number of hydrogen-bond donors (Lipinski definition) is 0. The van der Waals surface area contributed by atoms with Crippen molar-refractivity contribution in [3.8, 4) is 5.75 Å². The Hall–Kier alpha value is -2.62. The summed E-state index contributed by atoms with van der Waals surface area (Å²) in [5, 5.41) is 1.76. The Morgan fingerprint density at radius 1 is 0.947 bits per heavy atom. The highest BCUT2D eigenvalue weighted by Crippen LogP contribution is 2.37. The van der Waals surface area contributed by atoms with Crippen molar-refractivity contribution >= 4 is 28.3 Å². The molecule has 0 spiro atoms. The van der Waals surface area contributed by atoms with Gasteiger partial charge in [0.25, 0.3) is 11.8 Å². The molecule has 19 heavy (non-hydrogen) atoms. The molecule has 2 amide bonds. The quantitative estimate of drug-likeness (QED) is 0.771. The maximum absolute atomic E-state index is 11.9. The zero-order valence-electron chi connectivity index (χ0n) is 10.3. The molecule has 0 fully saturated rings. The van der Waals surface area contributed by atoms with Crippen LogP contribution in [0.2, 0.25) is 0 Å². The third kappa shape index (κ3) is 1.69. The lowest BCUT2D eigenvalue weighted by atomic mass is 10.1. The number of fused-ring (bicyclic) bond motifs is 1. The molecule has 94 valence electrons. The number of carbonyl (C=O) groups excluding carboxylic acids is 2. The standard InChI is InChI=1S/C15H11NO3/c1-19-12-7-6-10-4-2-3-5-11(10)15(12)16-13(17)8-9-14(16)18/h2-9H,1H3. The van der Waals surface area contributed by atoms with Gasteiger partial charge in [-0.15, -0.1) is 0 Å². The molecular weight excluding hydrogens is 242 g/mol. The number of ether oxygens (including phenoxy) is 1. The monoisotopic (exact) mass is 253 g/mol. The molecule has 0 saturated heterocycles. The summed E-state index contributed by atoms with van der Waals surface area (Å²) >= 11 is 0. The van der Waals surface area contributed by atoms with Crippen LogP contribution < -0.4 is 9.64 Å². The van der Waals surface area contributed by atoms with E-state index < -0.39 is 0 Å². The summed E-state index contributed by atoms with van der Waals surface area (Å²) in [5.41, 5.74) is 0.501. The largest absolute Gasteiger partial charge is 0.495 e. The maximum atomic E-state index is 11.9. The predicted octanol–water partition coefficient (Wildman–Crippen LogP) is 2.28. The molecule has 2 aromatic rings. The number of imide groups is 1. The van der Waals surface area contributed by atoms with E-state index in [0.29, 0.717) is 11.4 Å². The number of amides is 2. The number of anilines is 1. The van der Waals surface area contributed by atoms with Crippen LogP contribution in [0.25, 0.3) is 10.8 Å². The summed E-state index contributed by atoms with van der Waals surface area (Å²) in [6.07, 6.45) is 2.53. The molecule has 0 saturated carbocycles. The van der Waals surface area contributed by atoms with E-state index in [0.717, 1.165) is 15.7 Å². The van der Waals surface area contributed by atoms with Gasteiger partial charge < -0.3 is 4.74 Å². The van der Waals surface area contributed by atoms with Crippen LogP contribution in [0.15, 0.2) is 48.6 Å². The highest BCUT2D eigenvalue weighted by molar-refractivity contribution is 6.31. The molecule has 0 N–H and O–H groups in total. The molecule has 0 aromatic heterocycles. The summed E-state index contributed by atoms with van der Waals surface area (Å²) in [4.78, 5) is 24.9. The van der Waals surface area contributed by atoms with E-state index in [-0.39, 0.29) is 11.8 Å². The van der Waals surface area contributed by atoms with Gasteiger partial charge in [-0.3, -0.25) is 9.59 Å². The SMILES string of the molecule is COc1ccc2ccccc2c1N1C(=O)C=CC1=O. The number of methoxy groups -OCH3 is 1. The van der Waals surface area contributed by atoms with Crippen molar-refractivity contribution in [3.05, 3.63) is 48.6 Å². The van der Waals surface area contributed by atoms with Crippen molar-refractivity contribution in [2.45, 2.75) is 0 Å². The minimum absolute atomic E-state index is 0.348. The van der Waals surface area contributed by atoms with E-state index in [4.69, 9.17) is 4.74 Å². The van der Waals surface area contributed by atoms with E-state index >= 15 is 0 Å². The highest BCUT2D eigenvalue weighted by Gasteiger charge is 2.29. The average molecular weight is 253 g/mol. The van der Waals surface area contributed by atoms with Gasteiger partial charge in [-0.05, 0) is 11.5 Å². The van der Waals surface area contributed by atoms with Crippen molar-refractivity contribution < 1.29 is 14.3 Å². The molecule has 0 aliphatic carbocycles. The fourth-order valence-electron chi connectivity index (χ4n) is 2.25. The lowest BCUT2D eigenvalue weighted by Gasteiger charge is -2.19. The summed E-state index contributed by atoms with van der Waals surface area (Å²) in [6.45, 7) is 0. The van der Waals surface area contributed by atoms with Gasteiger partial charge >= 0.3 is 0 Å². The molecule has 1 aliphatic heterocycles. The molecule has 0 bridgehead atoms. The second kappa shape index (κ2) is 4.24. The maximum Gasteiger partial charge on any atom is 0.258 e. The van der Waals surface area contributed by atoms with Gasteiger partial charge in [-0.2, -0.15) is 0 Å². The zero-order valence-corrected chi connectivity index (χ0v) is 10.3. The molecule has 2 aromatic carbocycles. The molecule has 0 radical (unpaired) electrons. The van der Waals surface area contributed by atoms with Crippen LogP contribution in [0, 0.1) is 0 Å². The predicted molar refractivity (Wildman–Crippen MR) is 72.1 cm³/mol. The van der Waals surface area contributed by atoms with Gasteiger partial charge in [0.05, 0.1) is 7.11 Å². The van der Waals surface area contributed by atoms with Crippen LogP contribution in [-0.2, 0) is 9.59 Å². The molecular formula is C15H11NO3. The fraction of sp³-hybridized carbons (Fsp3) is 0.0667. The molecule has 1 heterocycles. The van der Waals surface area contributed by atoms with Crippen molar-refractivity contribution in [1.82, 2.24) is 0 Å². The highest BCUT2D eigenvalue weighted by atomic mass is 16.5. The zero-order chi connectivity index (χ0) is 13.4. The van der Waals surface area contributed by atoms with Crippen LogP contribution in [0.1, 0.15) is 0 Å². The molecule has 0 unspecified atom stereocenters. The van der Waals surface area contributed by atoms with E-state index in [2.05, 4.69) is 0 Å². The van der Waals surface area contributed by atoms with Gasteiger partial charge in [0.1, 0.15) is 11.4 Å². The molecule has 1 aliphatic rings. The van der Waals surface area contributed by atoms with Crippen LogP contribution >= 0.6 is 0 Å². The first-order valence-corrected chi connectivity index (χ1v) is 5.84. The lowest BCUT2D eigenvalue weighted by molar-refractivity contribution is -0.119. The van der Waals surface area contributed by atoms with Gasteiger partial charge in [-0.25, -0.2) is 4.90 Å². The van der Waals surface area contributed by atoms with Crippen molar-refractivity contribution in [3.63, 3.8) is 0 Å². The Labute approximate surface area is 109 Å². The minimum atomic E-state index is -0.348. The van der Waals surface area contributed by atoms with Crippen LogP contribution in [0.3, 0.4) is 0 Å². The Kier molecular flexibility index (Phi) is 2.56. The number of carbonyl (C=O) groups is 2. The van der Waals surface area contributed by atoms with Crippen LogP contribution in [0.4, 0.5) is 5.69 Å². The normalized spacial score (nSPS) is 14.5. The topological polar surface area (TPSA) is 46.6 Å². The molecule has 4 heteroatoms. The van der Waals surface area contributed by atoms with E-state index in [9.17, 15) is 9.59 Å². The second-order valence-corrected chi connectivity index (χ2v) is 4.18. The number of hydrogen-bond acceptors (Lipinski definition) is 3. The van der Waals surface area contributed by atoms with Gasteiger partial charge in [0, 0.05) is 17.5 Å². The first-order chi connectivity index (χ1) is 9.22. The minimum Gasteiger partial charge on any atom is -0.495 e. The van der Waals surface area contributed by atoms with Gasteiger partial charge in [0.2, 0.25) is 0 Å². The number of benzene rings is 2. The first-order valence-electron chi connectivity index (χ1n) is 5.84. The summed E-state index contributed by atoms with van der Waals surface area (Å²) < 4.78 is 5.29. The Morgan fingerprint density at radius 2 is 1.63 bits per heavy atom. The van der Waals surface area contributed by atoms with Crippen molar-refractivity contribution in [2.24, 2.45) is 0 Å².